The van der Waals surface area contributed by atoms with Gasteiger partial charge >= 0.3 is 5.97 Å². The zero-order valence-electron chi connectivity index (χ0n) is 17.9. The number of carboxylic acids is 1. The Balaban J connectivity index is 1.49. The number of carboxylic acid groups (broad SMARTS) is 1. The van der Waals surface area contributed by atoms with E-state index in [0.29, 0.717) is 19.6 Å². The molecule has 0 unspecified atom stereocenters. The van der Waals surface area contributed by atoms with Crippen molar-refractivity contribution in [3.63, 3.8) is 0 Å². The molecule has 0 atom stereocenters. The first-order valence-corrected chi connectivity index (χ1v) is 10.8. The number of nitrogens with zero attached hydrogens (tertiary/aromatic N) is 2. The molecule has 0 amide bonds. The zero-order valence-corrected chi connectivity index (χ0v) is 17.9. The van der Waals surface area contributed by atoms with Gasteiger partial charge in [-0.25, -0.2) is 0 Å². The molecule has 1 heterocycles. The van der Waals surface area contributed by atoms with Crippen molar-refractivity contribution in [3.8, 4) is 16.9 Å². The normalized spacial score (nSPS) is 10.8. The molecule has 0 aliphatic rings. The molecule has 1 N–H and O–H groups in total. The lowest BCUT2D eigenvalue weighted by molar-refractivity contribution is -0.136. The van der Waals surface area contributed by atoms with E-state index in [1.807, 2.05) is 59.4 Å². The molecule has 0 saturated heterocycles. The number of aromatic nitrogens is 2. The third-order valence-corrected chi connectivity index (χ3v) is 5.37. The lowest BCUT2D eigenvalue weighted by Crippen LogP contribution is -2.07. The van der Waals surface area contributed by atoms with Gasteiger partial charge in [0, 0.05) is 25.2 Å². The molecule has 0 aliphatic carbocycles. The molecular weight excluding hydrogens is 400 g/mol. The Labute approximate surface area is 187 Å². The zero-order chi connectivity index (χ0) is 22.2. The Kier molecular flexibility index (Phi) is 6.98. The number of ether oxygens (including phenoxy) is 1. The van der Waals surface area contributed by atoms with Gasteiger partial charge in [-0.2, -0.15) is 5.10 Å². The SMILES string of the molecule is O=C(O)CCc1ccc(Cn2cccn2)cc1OCCc1ccccc1-c1ccccc1. The fraction of sp³-hybridized carbons (Fsp3) is 0.185. The molecule has 0 bridgehead atoms. The molecule has 5 heteroatoms. The van der Waals surface area contributed by atoms with Gasteiger partial charge in [-0.1, -0.05) is 66.7 Å². The smallest absolute Gasteiger partial charge is 0.303 e. The Morgan fingerprint density at radius 3 is 2.50 bits per heavy atom. The Morgan fingerprint density at radius 2 is 1.72 bits per heavy atom. The van der Waals surface area contributed by atoms with Crippen LogP contribution in [0.1, 0.15) is 23.1 Å². The van der Waals surface area contributed by atoms with Gasteiger partial charge in [0.2, 0.25) is 0 Å². The van der Waals surface area contributed by atoms with Crippen molar-refractivity contribution in [2.45, 2.75) is 25.8 Å². The van der Waals surface area contributed by atoms with E-state index in [2.05, 4.69) is 35.4 Å². The molecule has 0 aliphatic heterocycles. The molecule has 0 radical (unpaired) electrons. The molecule has 4 aromatic rings. The van der Waals surface area contributed by atoms with E-state index in [4.69, 9.17) is 9.84 Å². The third kappa shape index (κ3) is 5.64. The van der Waals surface area contributed by atoms with E-state index in [0.717, 1.165) is 23.3 Å². The van der Waals surface area contributed by atoms with Gasteiger partial charge in [-0.3, -0.25) is 9.48 Å². The minimum Gasteiger partial charge on any atom is -0.493 e. The van der Waals surface area contributed by atoms with Gasteiger partial charge < -0.3 is 9.84 Å². The van der Waals surface area contributed by atoms with Gasteiger partial charge in [0.1, 0.15) is 5.75 Å². The first-order valence-electron chi connectivity index (χ1n) is 10.8. The summed E-state index contributed by atoms with van der Waals surface area (Å²) >= 11 is 0. The predicted octanol–water partition coefficient (Wildman–Crippen LogP) is 5.24. The number of rotatable bonds is 10. The summed E-state index contributed by atoms with van der Waals surface area (Å²) in [5.74, 6) is -0.0681. The second-order valence-electron chi connectivity index (χ2n) is 7.66. The van der Waals surface area contributed by atoms with Crippen LogP contribution in [0.3, 0.4) is 0 Å². The molecular formula is C27H26N2O3. The summed E-state index contributed by atoms with van der Waals surface area (Å²) in [6, 6.07) is 26.6. The molecule has 32 heavy (non-hydrogen) atoms. The van der Waals surface area contributed by atoms with Crippen LogP contribution in [0.15, 0.2) is 91.3 Å². The Bertz CT molecular complexity index is 1150. The summed E-state index contributed by atoms with van der Waals surface area (Å²) in [7, 11) is 0. The van der Waals surface area contributed by atoms with Crippen LogP contribution < -0.4 is 4.74 Å². The summed E-state index contributed by atoms with van der Waals surface area (Å²) in [5.41, 5.74) is 5.58. The molecule has 3 aromatic carbocycles. The lowest BCUT2D eigenvalue weighted by atomic mass is 9.98. The molecule has 0 spiro atoms. The van der Waals surface area contributed by atoms with Crippen LogP contribution in [0, 0.1) is 0 Å². The van der Waals surface area contributed by atoms with Gasteiger partial charge in [0.25, 0.3) is 0 Å². The van der Waals surface area contributed by atoms with E-state index >= 15 is 0 Å². The first kappa shape index (κ1) is 21.4. The molecule has 1 aromatic heterocycles. The van der Waals surface area contributed by atoms with Gasteiger partial charge in [-0.15, -0.1) is 0 Å². The summed E-state index contributed by atoms with van der Waals surface area (Å²) in [6.07, 6.45) is 4.94. The van der Waals surface area contributed by atoms with E-state index in [1.54, 1.807) is 6.20 Å². The number of benzene rings is 3. The van der Waals surface area contributed by atoms with Crippen molar-refractivity contribution in [1.29, 1.82) is 0 Å². The predicted molar refractivity (Wildman–Crippen MR) is 125 cm³/mol. The van der Waals surface area contributed by atoms with Crippen LogP contribution in [0.2, 0.25) is 0 Å². The van der Waals surface area contributed by atoms with Gasteiger partial charge in [0.05, 0.1) is 13.2 Å². The summed E-state index contributed by atoms with van der Waals surface area (Å²) in [5, 5.41) is 13.4. The minimum absolute atomic E-state index is 0.0751. The standard InChI is InChI=1S/C27H26N2O3/c30-27(31)14-13-24-12-11-21(20-29-17-6-16-28-29)19-26(24)32-18-15-23-9-4-5-10-25(23)22-7-2-1-3-8-22/h1-12,16-17,19H,13-15,18,20H2,(H,30,31). The van der Waals surface area contributed by atoms with Crippen LogP contribution in [0.25, 0.3) is 11.1 Å². The van der Waals surface area contributed by atoms with Crippen molar-refractivity contribution in [2.24, 2.45) is 0 Å². The molecule has 162 valence electrons. The third-order valence-electron chi connectivity index (χ3n) is 5.37. The number of hydrogen-bond donors (Lipinski definition) is 1. The molecule has 4 rings (SSSR count). The van der Waals surface area contributed by atoms with Crippen molar-refractivity contribution < 1.29 is 14.6 Å². The van der Waals surface area contributed by atoms with Crippen LogP contribution in [0.5, 0.6) is 5.75 Å². The Hall–Kier alpha value is -3.86. The first-order chi connectivity index (χ1) is 15.7. The van der Waals surface area contributed by atoms with Gasteiger partial charge in [-0.05, 0) is 46.4 Å². The van der Waals surface area contributed by atoms with Crippen LogP contribution in [-0.4, -0.2) is 27.5 Å². The largest absolute Gasteiger partial charge is 0.493 e. The van der Waals surface area contributed by atoms with Gasteiger partial charge in [0.15, 0.2) is 0 Å². The summed E-state index contributed by atoms with van der Waals surface area (Å²) < 4.78 is 8.05. The maximum atomic E-state index is 11.1. The lowest BCUT2D eigenvalue weighted by Gasteiger charge is -2.15. The number of aliphatic carboxylic acids is 1. The average Bonchev–Trinajstić information content (AvgIpc) is 3.32. The maximum Gasteiger partial charge on any atom is 0.303 e. The van der Waals surface area contributed by atoms with Crippen molar-refractivity contribution in [3.05, 3.63) is 108 Å². The van der Waals surface area contributed by atoms with Crippen LogP contribution in [0.4, 0.5) is 0 Å². The molecule has 5 nitrogen and oxygen atoms in total. The number of aryl methyl sites for hydroxylation is 1. The van der Waals surface area contributed by atoms with E-state index in [1.165, 1.54) is 16.7 Å². The highest BCUT2D eigenvalue weighted by atomic mass is 16.5. The summed E-state index contributed by atoms with van der Waals surface area (Å²) in [6.45, 7) is 1.15. The summed E-state index contributed by atoms with van der Waals surface area (Å²) in [4.78, 5) is 11.1. The number of carbonyl (C=O) groups is 1. The highest BCUT2D eigenvalue weighted by molar-refractivity contribution is 5.68. The highest BCUT2D eigenvalue weighted by Gasteiger charge is 2.10. The highest BCUT2D eigenvalue weighted by Crippen LogP contribution is 2.26. The van der Waals surface area contributed by atoms with E-state index < -0.39 is 5.97 Å². The molecule has 0 saturated carbocycles. The fourth-order valence-electron chi connectivity index (χ4n) is 3.77. The number of hydrogen-bond acceptors (Lipinski definition) is 3. The molecule has 0 fully saturated rings. The topological polar surface area (TPSA) is 64.3 Å². The monoisotopic (exact) mass is 426 g/mol. The fourth-order valence-corrected chi connectivity index (χ4v) is 3.77. The van der Waals surface area contributed by atoms with Crippen molar-refractivity contribution >= 4 is 5.97 Å². The van der Waals surface area contributed by atoms with Crippen LogP contribution in [-0.2, 0) is 24.2 Å². The van der Waals surface area contributed by atoms with E-state index in [-0.39, 0.29) is 6.42 Å². The van der Waals surface area contributed by atoms with Crippen LogP contribution >= 0.6 is 0 Å². The second-order valence-corrected chi connectivity index (χ2v) is 7.66. The Morgan fingerprint density at radius 1 is 0.906 bits per heavy atom. The quantitative estimate of drug-likeness (QED) is 0.377. The van der Waals surface area contributed by atoms with E-state index in [9.17, 15) is 4.79 Å². The second kappa shape index (κ2) is 10.4. The van der Waals surface area contributed by atoms with Crippen molar-refractivity contribution in [2.75, 3.05) is 6.61 Å². The maximum absolute atomic E-state index is 11.1. The average molecular weight is 427 g/mol. The minimum atomic E-state index is -0.812. The van der Waals surface area contributed by atoms with Crippen molar-refractivity contribution in [1.82, 2.24) is 9.78 Å².